The Bertz CT molecular complexity index is 1210. The molecular weight excluding hydrogens is 346 g/mol. The van der Waals surface area contributed by atoms with Crippen molar-refractivity contribution in [1.29, 1.82) is 0 Å². The van der Waals surface area contributed by atoms with Gasteiger partial charge in [0.15, 0.2) is 5.65 Å². The van der Waals surface area contributed by atoms with E-state index in [1.807, 2.05) is 25.1 Å². The third-order valence-corrected chi connectivity index (χ3v) is 4.26. The number of para-hydroxylation sites is 1. The first-order valence-electron chi connectivity index (χ1n) is 8.20. The molecule has 2 N–H and O–H groups in total. The fourth-order valence-electron chi connectivity index (χ4n) is 2.83. The van der Waals surface area contributed by atoms with Crippen molar-refractivity contribution in [1.82, 2.24) is 20.2 Å². The van der Waals surface area contributed by atoms with Crippen molar-refractivity contribution >= 4 is 39.4 Å². The van der Waals surface area contributed by atoms with Crippen LogP contribution in [0, 0.1) is 17.0 Å². The first-order chi connectivity index (χ1) is 13.0. The number of rotatable bonds is 4. The van der Waals surface area contributed by atoms with E-state index >= 15 is 0 Å². The molecule has 2 aromatic heterocycles. The fourth-order valence-corrected chi connectivity index (χ4v) is 2.83. The Labute approximate surface area is 153 Å². The molecule has 134 valence electrons. The van der Waals surface area contributed by atoms with Crippen molar-refractivity contribution in [3.05, 3.63) is 63.7 Å². The lowest BCUT2D eigenvalue weighted by atomic mass is 10.1. The van der Waals surface area contributed by atoms with E-state index in [4.69, 9.17) is 0 Å². The number of nitrogens with zero attached hydrogens (tertiary/aromatic N) is 5. The van der Waals surface area contributed by atoms with Gasteiger partial charge in [0.1, 0.15) is 5.52 Å². The number of hydrazone groups is 1. The third-order valence-electron chi connectivity index (χ3n) is 4.26. The van der Waals surface area contributed by atoms with Crippen LogP contribution in [0.1, 0.15) is 18.1 Å². The van der Waals surface area contributed by atoms with Gasteiger partial charge in [-0.3, -0.25) is 10.1 Å². The highest BCUT2D eigenvalue weighted by atomic mass is 16.6. The number of fused-ring (bicyclic) bond motifs is 3. The van der Waals surface area contributed by atoms with Crippen LogP contribution in [0.4, 0.5) is 11.6 Å². The van der Waals surface area contributed by atoms with Gasteiger partial charge in [0.05, 0.1) is 16.2 Å². The lowest BCUT2D eigenvalue weighted by Crippen LogP contribution is -2.03. The Balaban J connectivity index is 1.64. The Kier molecular flexibility index (Phi) is 3.96. The van der Waals surface area contributed by atoms with Crippen LogP contribution >= 0.6 is 0 Å². The zero-order chi connectivity index (χ0) is 19.0. The van der Waals surface area contributed by atoms with Gasteiger partial charge >= 0.3 is 0 Å². The Morgan fingerprint density at radius 1 is 1.22 bits per heavy atom. The number of aromatic nitrogens is 4. The molecular formula is C18H15N7O2. The summed E-state index contributed by atoms with van der Waals surface area (Å²) in [7, 11) is 0. The van der Waals surface area contributed by atoms with E-state index in [9.17, 15) is 10.1 Å². The molecule has 0 amide bonds. The quantitative estimate of drug-likeness (QED) is 0.325. The molecule has 9 heteroatoms. The SMILES string of the molecule is C/C(=N\Nc1nnc2c(n1)[nH]c1c(C)cccc12)c1cccc([N+](=O)[O-])c1. The van der Waals surface area contributed by atoms with Gasteiger partial charge in [-0.25, -0.2) is 5.43 Å². The summed E-state index contributed by atoms with van der Waals surface area (Å²) in [5.41, 5.74) is 7.34. The molecule has 0 spiro atoms. The zero-order valence-corrected chi connectivity index (χ0v) is 14.6. The minimum absolute atomic E-state index is 0.00910. The number of non-ortho nitro benzene ring substituents is 1. The van der Waals surface area contributed by atoms with Crippen molar-refractivity contribution in [2.75, 3.05) is 5.43 Å². The van der Waals surface area contributed by atoms with Crippen LogP contribution in [0.2, 0.25) is 0 Å². The molecule has 9 nitrogen and oxygen atoms in total. The highest BCUT2D eigenvalue weighted by molar-refractivity contribution is 6.04. The Morgan fingerprint density at radius 2 is 2.04 bits per heavy atom. The topological polar surface area (TPSA) is 122 Å². The molecule has 0 radical (unpaired) electrons. The van der Waals surface area contributed by atoms with Crippen LogP contribution in [0.25, 0.3) is 22.1 Å². The molecule has 0 saturated carbocycles. The van der Waals surface area contributed by atoms with Crippen molar-refractivity contribution in [3.63, 3.8) is 0 Å². The number of hydrogen-bond acceptors (Lipinski definition) is 7. The lowest BCUT2D eigenvalue weighted by molar-refractivity contribution is -0.384. The normalized spacial score (nSPS) is 11.9. The Hall–Kier alpha value is -3.88. The molecule has 0 fully saturated rings. The van der Waals surface area contributed by atoms with E-state index in [-0.39, 0.29) is 11.6 Å². The van der Waals surface area contributed by atoms with E-state index in [1.54, 1.807) is 19.1 Å². The number of nitrogens with one attached hydrogen (secondary N) is 2. The van der Waals surface area contributed by atoms with Crippen LogP contribution in [0.15, 0.2) is 47.6 Å². The average molecular weight is 361 g/mol. The van der Waals surface area contributed by atoms with E-state index < -0.39 is 4.92 Å². The molecule has 0 atom stereocenters. The van der Waals surface area contributed by atoms with Gasteiger partial charge in [-0.1, -0.05) is 30.3 Å². The predicted octanol–water partition coefficient (Wildman–Crippen LogP) is 3.56. The monoisotopic (exact) mass is 361 g/mol. The summed E-state index contributed by atoms with van der Waals surface area (Å²) >= 11 is 0. The van der Waals surface area contributed by atoms with Crippen molar-refractivity contribution in [2.45, 2.75) is 13.8 Å². The molecule has 4 aromatic rings. The van der Waals surface area contributed by atoms with Crippen LogP contribution in [-0.4, -0.2) is 30.8 Å². The number of anilines is 1. The van der Waals surface area contributed by atoms with Gasteiger partial charge in [0.2, 0.25) is 0 Å². The molecule has 27 heavy (non-hydrogen) atoms. The number of benzene rings is 2. The summed E-state index contributed by atoms with van der Waals surface area (Å²) < 4.78 is 0. The van der Waals surface area contributed by atoms with Crippen molar-refractivity contribution in [2.24, 2.45) is 5.10 Å². The second-order valence-corrected chi connectivity index (χ2v) is 6.07. The number of nitro groups is 1. The minimum atomic E-state index is -0.441. The number of H-pyrrole nitrogens is 1. The minimum Gasteiger partial charge on any atom is -0.337 e. The number of aromatic amines is 1. The summed E-state index contributed by atoms with van der Waals surface area (Å²) in [6.07, 6.45) is 0. The average Bonchev–Trinajstić information content (AvgIpc) is 3.05. The van der Waals surface area contributed by atoms with Gasteiger partial charge in [0.25, 0.3) is 11.6 Å². The zero-order valence-electron chi connectivity index (χ0n) is 14.6. The van der Waals surface area contributed by atoms with E-state index in [0.717, 1.165) is 16.5 Å². The first kappa shape index (κ1) is 16.6. The number of hydrogen-bond donors (Lipinski definition) is 2. The molecule has 2 aromatic carbocycles. The second kappa shape index (κ2) is 6.45. The van der Waals surface area contributed by atoms with Crippen molar-refractivity contribution in [3.8, 4) is 0 Å². The standard InChI is InChI=1S/C18H15N7O2/c1-10-5-3-8-14-15(10)19-17-16(14)22-24-18(20-17)23-21-11(2)12-6-4-7-13(9-12)25(26)27/h3-9H,1-2H3,(H2,19,20,23,24)/b21-11+. The van der Waals surface area contributed by atoms with E-state index in [0.29, 0.717) is 22.4 Å². The highest BCUT2D eigenvalue weighted by Crippen LogP contribution is 2.24. The van der Waals surface area contributed by atoms with E-state index in [2.05, 4.69) is 30.7 Å². The van der Waals surface area contributed by atoms with Crippen LogP contribution in [0.5, 0.6) is 0 Å². The van der Waals surface area contributed by atoms with Crippen LogP contribution in [0.3, 0.4) is 0 Å². The first-order valence-corrected chi connectivity index (χ1v) is 8.20. The summed E-state index contributed by atoms with van der Waals surface area (Å²) in [5, 5.41) is 24.4. The molecule has 0 unspecified atom stereocenters. The Morgan fingerprint density at radius 3 is 2.85 bits per heavy atom. The highest BCUT2D eigenvalue weighted by Gasteiger charge is 2.11. The van der Waals surface area contributed by atoms with Crippen LogP contribution < -0.4 is 5.43 Å². The second-order valence-electron chi connectivity index (χ2n) is 6.07. The predicted molar refractivity (Wildman–Crippen MR) is 103 cm³/mol. The lowest BCUT2D eigenvalue weighted by Gasteiger charge is -2.02. The van der Waals surface area contributed by atoms with Gasteiger partial charge in [-0.2, -0.15) is 10.1 Å². The van der Waals surface area contributed by atoms with Gasteiger partial charge in [-0.15, -0.1) is 10.2 Å². The fraction of sp³-hybridized carbons (Fsp3) is 0.111. The third kappa shape index (κ3) is 3.06. The van der Waals surface area contributed by atoms with Gasteiger partial charge in [-0.05, 0) is 19.4 Å². The number of nitro benzene ring substituents is 1. The molecule has 0 saturated heterocycles. The maximum absolute atomic E-state index is 10.9. The van der Waals surface area contributed by atoms with E-state index in [1.165, 1.54) is 12.1 Å². The molecule has 0 aliphatic heterocycles. The van der Waals surface area contributed by atoms with Gasteiger partial charge in [0, 0.05) is 23.1 Å². The summed E-state index contributed by atoms with van der Waals surface area (Å²) in [4.78, 5) is 18.1. The smallest absolute Gasteiger partial charge is 0.270 e. The van der Waals surface area contributed by atoms with Crippen LogP contribution in [-0.2, 0) is 0 Å². The van der Waals surface area contributed by atoms with Crippen molar-refractivity contribution < 1.29 is 4.92 Å². The summed E-state index contributed by atoms with van der Waals surface area (Å²) in [6.45, 7) is 3.75. The molecule has 2 heterocycles. The molecule has 0 aliphatic rings. The maximum Gasteiger partial charge on any atom is 0.270 e. The summed E-state index contributed by atoms with van der Waals surface area (Å²) in [5.74, 6) is 0.233. The van der Waals surface area contributed by atoms with Gasteiger partial charge < -0.3 is 4.98 Å². The largest absolute Gasteiger partial charge is 0.337 e. The molecule has 4 rings (SSSR count). The maximum atomic E-state index is 10.9. The summed E-state index contributed by atoms with van der Waals surface area (Å²) in [6, 6.07) is 12.2. The molecule has 0 aliphatic carbocycles. The number of aryl methyl sites for hydroxylation is 1. The molecule has 0 bridgehead atoms.